The van der Waals surface area contributed by atoms with Gasteiger partial charge in [-0.15, -0.1) is 0 Å². The van der Waals surface area contributed by atoms with Crippen molar-refractivity contribution >= 4 is 27.5 Å². The molecular formula is C23H13FN4O3. The van der Waals surface area contributed by atoms with E-state index in [0.29, 0.717) is 43.5 Å². The maximum atomic E-state index is 14.5. The van der Waals surface area contributed by atoms with Crippen molar-refractivity contribution in [3.05, 3.63) is 100 Å². The van der Waals surface area contributed by atoms with E-state index in [9.17, 15) is 19.7 Å². The van der Waals surface area contributed by atoms with Crippen molar-refractivity contribution in [2.45, 2.75) is 0 Å². The number of nitro groups is 1. The minimum atomic E-state index is -0.525. The fourth-order valence-electron chi connectivity index (χ4n) is 3.74. The maximum Gasteiger partial charge on any atom is 0.283 e. The summed E-state index contributed by atoms with van der Waals surface area (Å²) < 4.78 is 15.0. The summed E-state index contributed by atoms with van der Waals surface area (Å²) in [6.45, 7) is 0. The maximum absolute atomic E-state index is 14.5. The highest BCUT2D eigenvalue weighted by atomic mass is 19.1. The molecule has 0 amide bonds. The summed E-state index contributed by atoms with van der Waals surface area (Å²) >= 11 is 0. The van der Waals surface area contributed by atoms with Gasteiger partial charge in [0.05, 0.1) is 10.6 Å². The third-order valence-electron chi connectivity index (χ3n) is 5.13. The largest absolute Gasteiger partial charge is 0.619 e. The van der Waals surface area contributed by atoms with Gasteiger partial charge in [0.25, 0.3) is 5.69 Å². The second-order valence-electron chi connectivity index (χ2n) is 6.93. The Bertz CT molecular complexity index is 1500. The number of fused-ring (bicyclic) bond motifs is 2. The SMILES string of the molecule is O=[N+]([O-])c1ccc(-c2cc(-c3ccccc3F)nc3ncccc23)c2cc[n+]([O-])cc12. The quantitative estimate of drug-likeness (QED) is 0.184. The van der Waals surface area contributed by atoms with E-state index >= 15 is 0 Å². The third-order valence-corrected chi connectivity index (χ3v) is 5.13. The number of non-ortho nitro benzene ring substituents is 1. The molecule has 5 aromatic rings. The van der Waals surface area contributed by atoms with Gasteiger partial charge in [0.1, 0.15) is 11.2 Å². The molecule has 0 spiro atoms. The van der Waals surface area contributed by atoms with Gasteiger partial charge in [0.15, 0.2) is 18.0 Å². The van der Waals surface area contributed by atoms with Crippen molar-refractivity contribution in [2.24, 2.45) is 0 Å². The molecule has 3 aromatic heterocycles. The number of hydrogen-bond acceptors (Lipinski definition) is 5. The fraction of sp³-hybridized carbons (Fsp3) is 0. The molecule has 0 unspecified atom stereocenters. The molecule has 0 radical (unpaired) electrons. The van der Waals surface area contributed by atoms with Crippen LogP contribution in [0.15, 0.2) is 79.3 Å². The average molecular weight is 412 g/mol. The minimum Gasteiger partial charge on any atom is -0.619 e. The van der Waals surface area contributed by atoms with Crippen LogP contribution < -0.4 is 4.73 Å². The Morgan fingerprint density at radius 1 is 0.903 bits per heavy atom. The lowest BCUT2D eigenvalue weighted by atomic mass is 9.95. The lowest BCUT2D eigenvalue weighted by Gasteiger charge is -2.12. The van der Waals surface area contributed by atoms with Gasteiger partial charge in [-0.2, -0.15) is 4.73 Å². The number of rotatable bonds is 3. The molecule has 3 heterocycles. The molecule has 0 saturated heterocycles. The highest BCUT2D eigenvalue weighted by molar-refractivity contribution is 6.06. The van der Waals surface area contributed by atoms with Crippen molar-refractivity contribution in [3.8, 4) is 22.4 Å². The molecule has 0 atom stereocenters. The van der Waals surface area contributed by atoms with Crippen LogP contribution in [-0.2, 0) is 0 Å². The van der Waals surface area contributed by atoms with Gasteiger partial charge in [-0.25, -0.2) is 14.4 Å². The highest BCUT2D eigenvalue weighted by Crippen LogP contribution is 2.38. The molecule has 8 heteroatoms. The predicted molar refractivity (Wildman–Crippen MR) is 113 cm³/mol. The van der Waals surface area contributed by atoms with Crippen LogP contribution >= 0.6 is 0 Å². The smallest absolute Gasteiger partial charge is 0.283 e. The van der Waals surface area contributed by atoms with Gasteiger partial charge in [-0.05, 0) is 47.5 Å². The Kier molecular flexibility index (Phi) is 4.25. The summed E-state index contributed by atoms with van der Waals surface area (Å²) in [5, 5.41) is 24.8. The Morgan fingerprint density at radius 2 is 1.74 bits per heavy atom. The number of benzene rings is 2. The van der Waals surface area contributed by atoms with Crippen molar-refractivity contribution < 1.29 is 14.0 Å². The Morgan fingerprint density at radius 3 is 2.55 bits per heavy atom. The number of pyridine rings is 3. The van der Waals surface area contributed by atoms with Crippen LogP contribution in [-0.4, -0.2) is 14.9 Å². The van der Waals surface area contributed by atoms with Crippen LogP contribution in [0, 0.1) is 21.1 Å². The van der Waals surface area contributed by atoms with E-state index in [2.05, 4.69) is 9.97 Å². The van der Waals surface area contributed by atoms with Crippen molar-refractivity contribution in [1.82, 2.24) is 9.97 Å². The minimum absolute atomic E-state index is 0.172. The van der Waals surface area contributed by atoms with Crippen molar-refractivity contribution in [1.29, 1.82) is 0 Å². The lowest BCUT2D eigenvalue weighted by Crippen LogP contribution is -2.23. The molecule has 150 valence electrons. The Labute approximate surface area is 174 Å². The number of nitro benzene ring substituents is 1. The monoisotopic (exact) mass is 412 g/mol. The van der Waals surface area contributed by atoms with Gasteiger partial charge in [-0.1, -0.05) is 12.1 Å². The first-order chi connectivity index (χ1) is 15.0. The average Bonchev–Trinajstić information content (AvgIpc) is 2.77. The van der Waals surface area contributed by atoms with Gasteiger partial charge in [0, 0.05) is 34.7 Å². The van der Waals surface area contributed by atoms with Crippen LogP contribution in [0.5, 0.6) is 0 Å². The Hall–Kier alpha value is -4.46. The molecule has 0 N–H and O–H groups in total. The summed E-state index contributed by atoms with van der Waals surface area (Å²) in [4.78, 5) is 19.8. The van der Waals surface area contributed by atoms with Gasteiger partial charge < -0.3 is 5.21 Å². The van der Waals surface area contributed by atoms with Crippen LogP contribution in [0.1, 0.15) is 0 Å². The normalized spacial score (nSPS) is 11.1. The molecule has 0 bridgehead atoms. The molecule has 31 heavy (non-hydrogen) atoms. The first-order valence-electron chi connectivity index (χ1n) is 9.34. The molecule has 0 aliphatic rings. The second kappa shape index (κ2) is 7.10. The molecule has 0 fully saturated rings. The summed E-state index contributed by atoms with van der Waals surface area (Å²) in [6, 6.07) is 16.2. The Balaban J connectivity index is 1.88. The van der Waals surface area contributed by atoms with Crippen LogP contribution in [0.4, 0.5) is 10.1 Å². The molecule has 7 nitrogen and oxygen atoms in total. The molecule has 0 aliphatic carbocycles. The molecular weight excluding hydrogens is 399 g/mol. The zero-order valence-corrected chi connectivity index (χ0v) is 15.9. The van der Waals surface area contributed by atoms with E-state index < -0.39 is 10.7 Å². The first kappa shape index (κ1) is 18.6. The first-order valence-corrected chi connectivity index (χ1v) is 9.34. The van der Waals surface area contributed by atoms with E-state index in [0.717, 1.165) is 0 Å². The lowest BCUT2D eigenvalue weighted by molar-refractivity contribution is -0.604. The number of hydrogen-bond donors (Lipinski definition) is 0. The van der Waals surface area contributed by atoms with Crippen LogP contribution in [0.3, 0.4) is 0 Å². The van der Waals surface area contributed by atoms with E-state index in [-0.39, 0.29) is 11.1 Å². The predicted octanol–water partition coefficient (Wildman–Crippen LogP) is 4.80. The van der Waals surface area contributed by atoms with Gasteiger partial charge in [0.2, 0.25) is 0 Å². The second-order valence-corrected chi connectivity index (χ2v) is 6.93. The van der Waals surface area contributed by atoms with E-state index in [1.54, 1.807) is 42.6 Å². The summed E-state index contributed by atoms with van der Waals surface area (Å²) in [7, 11) is 0. The fourth-order valence-corrected chi connectivity index (χ4v) is 3.74. The van der Waals surface area contributed by atoms with Gasteiger partial charge >= 0.3 is 0 Å². The molecule has 5 rings (SSSR count). The van der Waals surface area contributed by atoms with E-state index in [1.807, 2.05) is 6.07 Å². The number of aromatic nitrogens is 3. The van der Waals surface area contributed by atoms with E-state index in [1.165, 1.54) is 30.6 Å². The van der Waals surface area contributed by atoms with E-state index in [4.69, 9.17) is 0 Å². The molecule has 0 aliphatic heterocycles. The molecule has 2 aromatic carbocycles. The summed E-state index contributed by atoms with van der Waals surface area (Å²) in [6.07, 6.45) is 4.06. The standard InChI is InChI=1S/C23H13FN4O3/c24-20-6-2-1-4-17(20)21-12-18(16-5-3-10-25-23(16)26-21)14-7-8-22(28(30)31)19-13-27(29)11-9-15(14)19/h1-13H. The topological polar surface area (TPSA) is 95.9 Å². The summed E-state index contributed by atoms with van der Waals surface area (Å²) in [5.74, 6) is -0.419. The molecule has 0 saturated carbocycles. The third kappa shape index (κ3) is 3.10. The van der Waals surface area contributed by atoms with Crippen LogP contribution in [0.25, 0.3) is 44.2 Å². The van der Waals surface area contributed by atoms with Crippen molar-refractivity contribution in [3.63, 3.8) is 0 Å². The van der Waals surface area contributed by atoms with Gasteiger partial charge in [-0.3, -0.25) is 10.1 Å². The van der Waals surface area contributed by atoms with Crippen LogP contribution in [0.2, 0.25) is 0 Å². The zero-order chi connectivity index (χ0) is 21.5. The van der Waals surface area contributed by atoms with Crippen molar-refractivity contribution in [2.75, 3.05) is 0 Å². The zero-order valence-electron chi connectivity index (χ0n) is 15.9. The number of halogens is 1. The highest BCUT2D eigenvalue weighted by Gasteiger charge is 2.20. The number of nitrogens with zero attached hydrogens (tertiary/aromatic N) is 4. The summed E-state index contributed by atoms with van der Waals surface area (Å²) in [5.41, 5.74) is 2.29.